The molecule has 0 bridgehead atoms. The van der Waals surface area contributed by atoms with Crippen LogP contribution in [0.3, 0.4) is 0 Å². The van der Waals surface area contributed by atoms with Gasteiger partial charge < -0.3 is 15.3 Å². The van der Waals surface area contributed by atoms with E-state index >= 15 is 0 Å². The average Bonchev–Trinajstić information content (AvgIpc) is 3.00. The van der Waals surface area contributed by atoms with Crippen LogP contribution in [0.4, 0.5) is 0 Å². The van der Waals surface area contributed by atoms with Crippen LogP contribution in [0.2, 0.25) is 0 Å². The Morgan fingerprint density at radius 3 is 2.31 bits per heavy atom. The molecule has 0 radical (unpaired) electrons. The molecule has 4 saturated carbocycles. The fraction of sp³-hybridized carbons (Fsp3) is 0.960. The van der Waals surface area contributed by atoms with E-state index in [1.54, 1.807) is 0 Å². The average molecular weight is 407 g/mol. The van der Waals surface area contributed by atoms with Gasteiger partial charge in [-0.05, 0) is 97.2 Å². The first-order valence-corrected chi connectivity index (χ1v) is 12.2. The van der Waals surface area contributed by atoms with Gasteiger partial charge >= 0.3 is 5.97 Å². The molecule has 0 spiro atoms. The molecule has 4 rings (SSSR count). The monoisotopic (exact) mass is 406 g/mol. The van der Waals surface area contributed by atoms with E-state index in [0.29, 0.717) is 29.6 Å². The van der Waals surface area contributed by atoms with Crippen LogP contribution >= 0.6 is 0 Å². The zero-order chi connectivity index (χ0) is 21.1. The van der Waals surface area contributed by atoms with Crippen molar-refractivity contribution in [3.8, 4) is 0 Å². The van der Waals surface area contributed by atoms with E-state index in [9.17, 15) is 20.1 Å². The molecule has 0 amide bonds. The summed E-state index contributed by atoms with van der Waals surface area (Å²) in [6, 6.07) is 0. The molecule has 0 heterocycles. The number of aliphatic hydroxyl groups excluding tert-OH is 2. The van der Waals surface area contributed by atoms with E-state index < -0.39 is 5.97 Å². The maximum absolute atomic E-state index is 11.7. The highest BCUT2D eigenvalue weighted by molar-refractivity contribution is 5.67. The smallest absolute Gasteiger partial charge is 0.303 e. The van der Waals surface area contributed by atoms with Gasteiger partial charge in [0.05, 0.1) is 12.2 Å². The molecule has 0 saturated heterocycles. The Morgan fingerprint density at radius 1 is 1.00 bits per heavy atom. The van der Waals surface area contributed by atoms with Gasteiger partial charge in [0, 0.05) is 6.42 Å². The maximum Gasteiger partial charge on any atom is 0.303 e. The van der Waals surface area contributed by atoms with Crippen molar-refractivity contribution in [1.82, 2.24) is 0 Å². The summed E-state index contributed by atoms with van der Waals surface area (Å²) < 4.78 is 0. The SMILES string of the molecule is CC[C@H]1C(O)C2C3CC[C@H]([C@H](C)CC(=O)O)[C@@]3(C)CCC2[C@@]2(C)CC[C@H](O)C[C@@H]12. The quantitative estimate of drug-likeness (QED) is 0.631. The Labute approximate surface area is 176 Å². The molecule has 4 fully saturated rings. The van der Waals surface area contributed by atoms with Crippen LogP contribution in [-0.4, -0.2) is 33.5 Å². The fourth-order valence-corrected chi connectivity index (χ4v) is 9.35. The lowest BCUT2D eigenvalue weighted by atomic mass is 9.41. The zero-order valence-electron chi connectivity index (χ0n) is 18.8. The topological polar surface area (TPSA) is 77.8 Å². The minimum Gasteiger partial charge on any atom is -0.481 e. The molecule has 3 N–H and O–H groups in total. The Morgan fingerprint density at radius 2 is 1.66 bits per heavy atom. The molecule has 29 heavy (non-hydrogen) atoms. The lowest BCUT2D eigenvalue weighted by molar-refractivity contribution is -0.203. The first kappa shape index (κ1) is 21.6. The number of fused-ring (bicyclic) bond motifs is 5. The summed E-state index contributed by atoms with van der Waals surface area (Å²) in [7, 11) is 0. The van der Waals surface area contributed by atoms with E-state index in [2.05, 4.69) is 27.7 Å². The van der Waals surface area contributed by atoms with Gasteiger partial charge in [-0.25, -0.2) is 0 Å². The predicted molar refractivity (Wildman–Crippen MR) is 113 cm³/mol. The molecule has 166 valence electrons. The first-order valence-electron chi connectivity index (χ1n) is 12.2. The number of carboxylic acids is 1. The van der Waals surface area contributed by atoms with Crippen LogP contribution in [0, 0.1) is 52.3 Å². The highest BCUT2D eigenvalue weighted by Gasteiger charge is 2.64. The molecule has 4 nitrogen and oxygen atoms in total. The largest absolute Gasteiger partial charge is 0.481 e. The molecule has 4 aliphatic carbocycles. The van der Waals surface area contributed by atoms with Crippen LogP contribution in [0.1, 0.15) is 85.5 Å². The summed E-state index contributed by atoms with van der Waals surface area (Å²) in [5, 5.41) is 31.4. The van der Waals surface area contributed by atoms with E-state index in [1.807, 2.05) is 0 Å². The second kappa shape index (κ2) is 7.51. The molecule has 4 aliphatic rings. The van der Waals surface area contributed by atoms with Gasteiger partial charge in [-0.1, -0.05) is 34.1 Å². The Kier molecular flexibility index (Phi) is 5.60. The van der Waals surface area contributed by atoms with Crippen LogP contribution < -0.4 is 0 Å². The molecule has 4 unspecified atom stereocenters. The number of hydrogen-bond acceptors (Lipinski definition) is 3. The zero-order valence-corrected chi connectivity index (χ0v) is 18.8. The van der Waals surface area contributed by atoms with Crippen molar-refractivity contribution in [2.75, 3.05) is 0 Å². The third-order valence-corrected chi connectivity index (χ3v) is 10.6. The first-order chi connectivity index (χ1) is 13.6. The summed E-state index contributed by atoms with van der Waals surface area (Å²) in [6.07, 6.45) is 8.21. The van der Waals surface area contributed by atoms with Crippen molar-refractivity contribution in [1.29, 1.82) is 0 Å². The third-order valence-electron chi connectivity index (χ3n) is 10.6. The van der Waals surface area contributed by atoms with Crippen LogP contribution in [0.5, 0.6) is 0 Å². The summed E-state index contributed by atoms with van der Waals surface area (Å²) in [6.45, 7) is 9.23. The molecule has 0 aliphatic heterocycles. The van der Waals surface area contributed by atoms with Crippen molar-refractivity contribution in [3.63, 3.8) is 0 Å². The number of hydrogen-bond donors (Lipinski definition) is 3. The summed E-state index contributed by atoms with van der Waals surface area (Å²) in [5.74, 6) is 2.09. The third kappa shape index (κ3) is 3.19. The van der Waals surface area contributed by atoms with E-state index in [4.69, 9.17) is 0 Å². The van der Waals surface area contributed by atoms with Gasteiger partial charge in [0.25, 0.3) is 0 Å². The molecule has 0 aromatic rings. The Bertz CT molecular complexity index is 634. The Balaban J connectivity index is 1.66. The minimum atomic E-state index is -0.682. The highest BCUT2D eigenvalue weighted by atomic mass is 16.4. The summed E-state index contributed by atoms with van der Waals surface area (Å²) in [5.41, 5.74) is 0.391. The van der Waals surface area contributed by atoms with Gasteiger partial charge in [0.2, 0.25) is 0 Å². The number of carbonyl (C=O) groups is 1. The second-order valence-corrected chi connectivity index (χ2v) is 11.7. The van der Waals surface area contributed by atoms with E-state index in [-0.39, 0.29) is 41.3 Å². The number of carboxylic acid groups (broad SMARTS) is 1. The predicted octanol–water partition coefficient (Wildman–Crippen LogP) is 4.72. The minimum absolute atomic E-state index is 0.159. The van der Waals surface area contributed by atoms with E-state index in [1.165, 1.54) is 6.42 Å². The van der Waals surface area contributed by atoms with Crippen LogP contribution in [-0.2, 0) is 4.79 Å². The number of aliphatic carboxylic acids is 1. The van der Waals surface area contributed by atoms with Gasteiger partial charge in [-0.2, -0.15) is 0 Å². The molecule has 11 atom stereocenters. The molecule has 0 aromatic heterocycles. The summed E-state index contributed by atoms with van der Waals surface area (Å²) in [4.78, 5) is 11.4. The van der Waals surface area contributed by atoms with Gasteiger partial charge in [0.15, 0.2) is 0 Å². The molecular weight excluding hydrogens is 364 g/mol. The van der Waals surface area contributed by atoms with Crippen molar-refractivity contribution in [2.24, 2.45) is 52.3 Å². The van der Waals surface area contributed by atoms with Gasteiger partial charge in [-0.3, -0.25) is 4.79 Å². The van der Waals surface area contributed by atoms with Crippen molar-refractivity contribution >= 4 is 5.97 Å². The lowest BCUT2D eigenvalue weighted by Gasteiger charge is -2.64. The molecule has 0 aromatic carbocycles. The maximum atomic E-state index is 11.7. The fourth-order valence-electron chi connectivity index (χ4n) is 9.35. The standard InChI is InChI=1S/C25H42O4/c1-5-16-20-13-15(26)8-10-25(20,4)19-9-11-24(3)17(14(2)12-21(27)28)6-7-18(24)22(19)23(16)29/h14-20,22-23,26,29H,5-13H2,1-4H3,(H,27,28)/t14-,15+,16-,17-,18?,19?,20+,22?,23?,24-,25-/m1/s1. The number of rotatable bonds is 4. The van der Waals surface area contributed by atoms with Crippen LogP contribution in [0.15, 0.2) is 0 Å². The van der Waals surface area contributed by atoms with Gasteiger partial charge in [0.1, 0.15) is 0 Å². The highest BCUT2D eigenvalue weighted by Crippen LogP contribution is 2.69. The Hall–Kier alpha value is -0.610. The van der Waals surface area contributed by atoms with Crippen LogP contribution in [0.25, 0.3) is 0 Å². The number of aliphatic hydroxyl groups is 2. The summed E-state index contributed by atoms with van der Waals surface area (Å²) >= 11 is 0. The van der Waals surface area contributed by atoms with Gasteiger partial charge in [-0.15, -0.1) is 0 Å². The second-order valence-electron chi connectivity index (χ2n) is 11.7. The molecular formula is C25H42O4. The van der Waals surface area contributed by atoms with E-state index in [0.717, 1.165) is 44.9 Å². The normalized spacial score (nSPS) is 52.9. The van der Waals surface area contributed by atoms with Crippen molar-refractivity contribution < 1.29 is 20.1 Å². The molecule has 4 heteroatoms. The van der Waals surface area contributed by atoms with Crippen molar-refractivity contribution in [3.05, 3.63) is 0 Å². The van der Waals surface area contributed by atoms with Crippen molar-refractivity contribution in [2.45, 2.75) is 97.7 Å². The lowest BCUT2D eigenvalue weighted by Crippen LogP contribution is -2.62.